The summed E-state index contributed by atoms with van der Waals surface area (Å²) in [5.41, 5.74) is 5.57. The Hall–Kier alpha value is -2.73. The molecule has 0 spiro atoms. The second-order valence-electron chi connectivity index (χ2n) is 5.54. The van der Waals surface area contributed by atoms with Crippen molar-refractivity contribution in [2.45, 2.75) is 13.8 Å². The summed E-state index contributed by atoms with van der Waals surface area (Å²) in [6, 6.07) is 7.33. The lowest BCUT2D eigenvalue weighted by Crippen LogP contribution is -1.96. The number of hydrogen-bond donors (Lipinski definition) is 0. The second-order valence-corrected chi connectivity index (χ2v) is 5.93. The standard InChI is InChI=1S/C17H14ClN5O/c1-9-8-23-14(10(2)19-9)6-13(22-23)17-15(24-3)7-12-11(21-17)4-5-16(18)20-12/h4-8H,1-3H3. The molecule has 0 aliphatic heterocycles. The molecule has 0 unspecified atom stereocenters. The zero-order valence-corrected chi connectivity index (χ0v) is 14.2. The van der Waals surface area contributed by atoms with Crippen LogP contribution in [0.3, 0.4) is 0 Å². The molecule has 0 amide bonds. The van der Waals surface area contributed by atoms with Gasteiger partial charge in [-0.1, -0.05) is 11.6 Å². The zero-order chi connectivity index (χ0) is 16.8. The van der Waals surface area contributed by atoms with Crippen LogP contribution in [0, 0.1) is 13.8 Å². The van der Waals surface area contributed by atoms with E-state index in [4.69, 9.17) is 16.3 Å². The van der Waals surface area contributed by atoms with Crippen LogP contribution in [0.4, 0.5) is 0 Å². The van der Waals surface area contributed by atoms with Crippen molar-refractivity contribution in [2.24, 2.45) is 0 Å². The average molecular weight is 340 g/mol. The molecule has 4 aromatic rings. The summed E-state index contributed by atoms with van der Waals surface area (Å²) in [6.07, 6.45) is 1.89. The topological polar surface area (TPSA) is 65.2 Å². The van der Waals surface area contributed by atoms with Crippen LogP contribution in [-0.4, -0.2) is 31.7 Å². The Morgan fingerprint density at radius 3 is 2.67 bits per heavy atom. The maximum Gasteiger partial charge on any atom is 0.149 e. The first-order valence-electron chi connectivity index (χ1n) is 7.40. The van der Waals surface area contributed by atoms with E-state index in [0.29, 0.717) is 22.1 Å². The second kappa shape index (κ2) is 5.42. The van der Waals surface area contributed by atoms with E-state index >= 15 is 0 Å². The van der Waals surface area contributed by atoms with Crippen LogP contribution in [0.5, 0.6) is 5.75 Å². The zero-order valence-electron chi connectivity index (χ0n) is 13.4. The van der Waals surface area contributed by atoms with Gasteiger partial charge in [-0.25, -0.2) is 14.5 Å². The van der Waals surface area contributed by atoms with Crippen molar-refractivity contribution in [1.29, 1.82) is 0 Å². The summed E-state index contributed by atoms with van der Waals surface area (Å²) in [5.74, 6) is 0.600. The van der Waals surface area contributed by atoms with Crippen molar-refractivity contribution < 1.29 is 4.74 Å². The minimum absolute atomic E-state index is 0.420. The van der Waals surface area contributed by atoms with Gasteiger partial charge in [0.1, 0.15) is 22.3 Å². The normalized spacial score (nSPS) is 11.3. The van der Waals surface area contributed by atoms with Gasteiger partial charge in [0.25, 0.3) is 0 Å². The lowest BCUT2D eigenvalue weighted by Gasteiger charge is -2.07. The van der Waals surface area contributed by atoms with Crippen molar-refractivity contribution in [3.8, 4) is 17.1 Å². The summed E-state index contributed by atoms with van der Waals surface area (Å²) < 4.78 is 7.31. The van der Waals surface area contributed by atoms with E-state index in [0.717, 1.165) is 28.1 Å². The van der Waals surface area contributed by atoms with Crippen LogP contribution in [0.2, 0.25) is 5.15 Å². The molecule has 0 N–H and O–H groups in total. The number of methoxy groups -OCH3 is 1. The highest BCUT2D eigenvalue weighted by Gasteiger charge is 2.15. The molecule has 4 rings (SSSR count). The monoisotopic (exact) mass is 339 g/mol. The molecule has 0 radical (unpaired) electrons. The number of halogens is 1. The predicted molar refractivity (Wildman–Crippen MR) is 92.6 cm³/mol. The van der Waals surface area contributed by atoms with E-state index < -0.39 is 0 Å². The summed E-state index contributed by atoms with van der Waals surface area (Å²) in [4.78, 5) is 13.4. The largest absolute Gasteiger partial charge is 0.494 e. The van der Waals surface area contributed by atoms with Gasteiger partial charge in [0.2, 0.25) is 0 Å². The molecule has 4 aromatic heterocycles. The van der Waals surface area contributed by atoms with Crippen LogP contribution in [0.25, 0.3) is 27.9 Å². The summed E-state index contributed by atoms with van der Waals surface area (Å²) in [6.45, 7) is 3.91. The van der Waals surface area contributed by atoms with Gasteiger partial charge in [-0.15, -0.1) is 0 Å². The number of aryl methyl sites for hydroxylation is 2. The maximum atomic E-state index is 5.95. The van der Waals surface area contributed by atoms with Gasteiger partial charge in [0, 0.05) is 6.07 Å². The molecule has 0 saturated heterocycles. The fourth-order valence-electron chi connectivity index (χ4n) is 2.76. The van der Waals surface area contributed by atoms with Gasteiger partial charge in [-0.3, -0.25) is 4.98 Å². The van der Waals surface area contributed by atoms with E-state index in [1.807, 2.05) is 42.8 Å². The Kier molecular flexibility index (Phi) is 3.35. The first-order chi connectivity index (χ1) is 11.5. The Morgan fingerprint density at radius 2 is 1.88 bits per heavy atom. The summed E-state index contributed by atoms with van der Waals surface area (Å²) >= 11 is 5.95. The molecule has 4 heterocycles. The van der Waals surface area contributed by atoms with Crippen molar-refractivity contribution in [2.75, 3.05) is 7.11 Å². The van der Waals surface area contributed by atoms with Gasteiger partial charge in [-0.2, -0.15) is 5.10 Å². The van der Waals surface area contributed by atoms with Crippen LogP contribution >= 0.6 is 11.6 Å². The van der Waals surface area contributed by atoms with Crippen molar-refractivity contribution in [3.05, 3.63) is 47.0 Å². The molecule has 24 heavy (non-hydrogen) atoms. The molecular formula is C17H14ClN5O. The summed E-state index contributed by atoms with van der Waals surface area (Å²) in [5, 5.41) is 5.05. The number of aromatic nitrogens is 5. The maximum absolute atomic E-state index is 5.95. The Morgan fingerprint density at radius 1 is 1.04 bits per heavy atom. The molecule has 0 aliphatic carbocycles. The molecule has 0 atom stereocenters. The van der Waals surface area contributed by atoms with Crippen molar-refractivity contribution in [3.63, 3.8) is 0 Å². The first-order valence-corrected chi connectivity index (χ1v) is 7.78. The first kappa shape index (κ1) is 14.8. The Balaban J connectivity index is 1.98. The summed E-state index contributed by atoms with van der Waals surface area (Å²) in [7, 11) is 1.60. The molecule has 120 valence electrons. The third-order valence-electron chi connectivity index (χ3n) is 3.82. The SMILES string of the molecule is COc1cc2nc(Cl)ccc2nc1-c1cc2c(C)nc(C)cn2n1. The van der Waals surface area contributed by atoms with E-state index in [1.54, 1.807) is 13.2 Å². The van der Waals surface area contributed by atoms with E-state index in [-0.39, 0.29) is 0 Å². The van der Waals surface area contributed by atoms with Gasteiger partial charge < -0.3 is 4.74 Å². The van der Waals surface area contributed by atoms with E-state index in [1.165, 1.54) is 0 Å². The highest BCUT2D eigenvalue weighted by atomic mass is 35.5. The van der Waals surface area contributed by atoms with Crippen LogP contribution in [0.15, 0.2) is 30.5 Å². The third kappa shape index (κ3) is 2.35. The molecule has 0 aliphatic rings. The van der Waals surface area contributed by atoms with Crippen LogP contribution in [0.1, 0.15) is 11.4 Å². The van der Waals surface area contributed by atoms with E-state index in [2.05, 4.69) is 20.1 Å². The predicted octanol–water partition coefficient (Wildman–Crippen LogP) is 3.62. The highest BCUT2D eigenvalue weighted by Crippen LogP contribution is 2.31. The quantitative estimate of drug-likeness (QED) is 0.522. The number of hydrogen-bond acceptors (Lipinski definition) is 5. The fourth-order valence-corrected chi connectivity index (χ4v) is 2.91. The van der Waals surface area contributed by atoms with Gasteiger partial charge in [0.05, 0.1) is 41.2 Å². The number of rotatable bonds is 2. The Labute approximate surface area is 143 Å². The van der Waals surface area contributed by atoms with Crippen molar-refractivity contribution >= 4 is 28.2 Å². The lowest BCUT2D eigenvalue weighted by atomic mass is 10.2. The minimum Gasteiger partial charge on any atom is -0.494 e. The van der Waals surface area contributed by atoms with E-state index in [9.17, 15) is 0 Å². The number of pyridine rings is 2. The molecule has 6 nitrogen and oxygen atoms in total. The molecule has 0 aromatic carbocycles. The number of nitrogens with zero attached hydrogens (tertiary/aromatic N) is 5. The highest BCUT2D eigenvalue weighted by molar-refractivity contribution is 6.29. The fraction of sp³-hybridized carbons (Fsp3) is 0.176. The molecule has 0 bridgehead atoms. The smallest absolute Gasteiger partial charge is 0.149 e. The van der Waals surface area contributed by atoms with Crippen LogP contribution in [-0.2, 0) is 0 Å². The third-order valence-corrected chi connectivity index (χ3v) is 4.03. The van der Waals surface area contributed by atoms with Gasteiger partial charge >= 0.3 is 0 Å². The molecule has 0 fully saturated rings. The average Bonchev–Trinajstić information content (AvgIpc) is 2.97. The number of ether oxygens (including phenoxy) is 1. The Bertz CT molecular complexity index is 1090. The van der Waals surface area contributed by atoms with Gasteiger partial charge in [-0.05, 0) is 32.0 Å². The number of fused-ring (bicyclic) bond motifs is 2. The molecular weight excluding hydrogens is 326 g/mol. The van der Waals surface area contributed by atoms with Gasteiger partial charge in [0.15, 0.2) is 0 Å². The minimum atomic E-state index is 0.420. The molecule has 7 heteroatoms. The molecule has 0 saturated carbocycles. The van der Waals surface area contributed by atoms with Crippen LogP contribution < -0.4 is 4.74 Å². The van der Waals surface area contributed by atoms with Crippen molar-refractivity contribution in [1.82, 2.24) is 24.6 Å². The lowest BCUT2D eigenvalue weighted by molar-refractivity contribution is 0.415.